The maximum atomic E-state index is 10.9. The average molecular weight is 320 g/mol. The third-order valence-electron chi connectivity index (χ3n) is 2.87. The molecular weight excluding hydrogens is 306 g/mol. The normalized spacial score (nSPS) is 10.2. The molecule has 0 unspecified atom stereocenters. The summed E-state index contributed by atoms with van der Waals surface area (Å²) in [5.74, 6) is -0.900. The number of halogens is 1. The van der Waals surface area contributed by atoms with Crippen LogP contribution in [0.1, 0.15) is 21.5 Å². The predicted octanol–water partition coefficient (Wildman–Crippen LogP) is 4.07. The van der Waals surface area contributed by atoms with Gasteiger partial charge in [-0.15, -0.1) is 0 Å². The Bertz CT molecular complexity index is 594. The molecule has 0 spiro atoms. The quantitative estimate of drug-likeness (QED) is 0.893. The standard InChI is InChI=1S/C15H14BrNO2/c1-10-8-12(15(18)19)4-7-14(10)17-9-11-2-5-13(16)6-3-11/h2-8,17H,9H2,1H3,(H,18,19). The second-order valence-corrected chi connectivity index (χ2v) is 5.23. The molecular formula is C15H14BrNO2. The van der Waals surface area contributed by atoms with Crippen molar-refractivity contribution in [3.8, 4) is 0 Å². The van der Waals surface area contributed by atoms with Gasteiger partial charge in [-0.25, -0.2) is 4.79 Å². The van der Waals surface area contributed by atoms with E-state index in [0.29, 0.717) is 12.1 Å². The summed E-state index contributed by atoms with van der Waals surface area (Å²) in [6, 6.07) is 13.2. The first kappa shape index (κ1) is 13.6. The van der Waals surface area contributed by atoms with Crippen LogP contribution >= 0.6 is 15.9 Å². The monoisotopic (exact) mass is 319 g/mol. The first-order valence-corrected chi connectivity index (χ1v) is 6.68. The number of carboxylic acids is 1. The van der Waals surface area contributed by atoms with Crippen molar-refractivity contribution < 1.29 is 9.90 Å². The highest BCUT2D eigenvalue weighted by Crippen LogP contribution is 2.18. The minimum Gasteiger partial charge on any atom is -0.478 e. The van der Waals surface area contributed by atoms with Crippen LogP contribution < -0.4 is 5.32 Å². The molecule has 2 N–H and O–H groups in total. The zero-order chi connectivity index (χ0) is 13.8. The molecule has 0 aliphatic rings. The van der Waals surface area contributed by atoms with Crippen molar-refractivity contribution in [1.29, 1.82) is 0 Å². The smallest absolute Gasteiger partial charge is 0.335 e. The summed E-state index contributed by atoms with van der Waals surface area (Å²) >= 11 is 3.40. The van der Waals surface area contributed by atoms with E-state index >= 15 is 0 Å². The number of anilines is 1. The van der Waals surface area contributed by atoms with Crippen molar-refractivity contribution in [2.45, 2.75) is 13.5 Å². The fourth-order valence-electron chi connectivity index (χ4n) is 1.79. The highest BCUT2D eigenvalue weighted by Gasteiger charge is 2.05. The number of carbonyl (C=O) groups is 1. The van der Waals surface area contributed by atoms with E-state index in [0.717, 1.165) is 15.7 Å². The van der Waals surface area contributed by atoms with Crippen LogP contribution in [0.5, 0.6) is 0 Å². The van der Waals surface area contributed by atoms with Gasteiger partial charge in [0.1, 0.15) is 0 Å². The molecule has 2 aromatic rings. The zero-order valence-electron chi connectivity index (χ0n) is 10.5. The predicted molar refractivity (Wildman–Crippen MR) is 79.6 cm³/mol. The first-order valence-electron chi connectivity index (χ1n) is 5.88. The average Bonchev–Trinajstić information content (AvgIpc) is 2.39. The molecule has 0 atom stereocenters. The molecule has 98 valence electrons. The highest BCUT2D eigenvalue weighted by molar-refractivity contribution is 9.10. The largest absolute Gasteiger partial charge is 0.478 e. The molecule has 4 heteroatoms. The van der Waals surface area contributed by atoms with E-state index in [1.165, 1.54) is 5.56 Å². The van der Waals surface area contributed by atoms with Gasteiger partial charge in [-0.1, -0.05) is 28.1 Å². The van der Waals surface area contributed by atoms with Crippen molar-refractivity contribution >= 4 is 27.6 Å². The first-order chi connectivity index (χ1) is 9.06. The maximum Gasteiger partial charge on any atom is 0.335 e. The Labute approximate surface area is 120 Å². The fourth-order valence-corrected chi connectivity index (χ4v) is 2.06. The molecule has 0 bridgehead atoms. The van der Waals surface area contributed by atoms with Gasteiger partial charge in [-0.2, -0.15) is 0 Å². The SMILES string of the molecule is Cc1cc(C(=O)O)ccc1NCc1ccc(Br)cc1. The number of aromatic carboxylic acids is 1. The van der Waals surface area contributed by atoms with Crippen LogP contribution in [0.15, 0.2) is 46.9 Å². The molecule has 0 aromatic heterocycles. The van der Waals surface area contributed by atoms with Gasteiger partial charge in [0, 0.05) is 16.7 Å². The Morgan fingerprint density at radius 2 is 1.89 bits per heavy atom. The van der Waals surface area contributed by atoms with E-state index in [-0.39, 0.29) is 0 Å². The Balaban J connectivity index is 2.07. The van der Waals surface area contributed by atoms with Gasteiger partial charge in [0.15, 0.2) is 0 Å². The van der Waals surface area contributed by atoms with Crippen LogP contribution in [0.25, 0.3) is 0 Å². The fraction of sp³-hybridized carbons (Fsp3) is 0.133. The molecule has 0 aliphatic heterocycles. The summed E-state index contributed by atoms with van der Waals surface area (Å²) < 4.78 is 1.05. The molecule has 0 saturated carbocycles. The van der Waals surface area contributed by atoms with Crippen molar-refractivity contribution in [3.05, 3.63) is 63.6 Å². The van der Waals surface area contributed by atoms with Crippen LogP contribution in [-0.2, 0) is 6.54 Å². The summed E-state index contributed by atoms with van der Waals surface area (Å²) in [7, 11) is 0. The maximum absolute atomic E-state index is 10.9. The summed E-state index contributed by atoms with van der Waals surface area (Å²) in [5.41, 5.74) is 3.36. The van der Waals surface area contributed by atoms with Crippen LogP contribution in [0.2, 0.25) is 0 Å². The number of nitrogens with one attached hydrogen (secondary N) is 1. The minimum absolute atomic E-state index is 0.312. The van der Waals surface area contributed by atoms with Gasteiger partial charge in [0.05, 0.1) is 5.56 Å². The number of hydrogen-bond donors (Lipinski definition) is 2. The highest BCUT2D eigenvalue weighted by atomic mass is 79.9. The molecule has 0 saturated heterocycles. The lowest BCUT2D eigenvalue weighted by atomic mass is 10.1. The molecule has 0 heterocycles. The third kappa shape index (κ3) is 3.58. The number of aryl methyl sites for hydroxylation is 1. The molecule has 3 nitrogen and oxygen atoms in total. The number of hydrogen-bond acceptors (Lipinski definition) is 2. The lowest BCUT2D eigenvalue weighted by Gasteiger charge is -2.10. The van der Waals surface area contributed by atoms with E-state index < -0.39 is 5.97 Å². The summed E-state index contributed by atoms with van der Waals surface area (Å²) in [6.45, 7) is 2.61. The number of carboxylic acid groups (broad SMARTS) is 1. The van der Waals surface area contributed by atoms with E-state index in [4.69, 9.17) is 5.11 Å². The van der Waals surface area contributed by atoms with Gasteiger partial charge in [0.2, 0.25) is 0 Å². The molecule has 2 rings (SSSR count). The molecule has 0 radical (unpaired) electrons. The summed E-state index contributed by atoms with van der Waals surface area (Å²) in [6.07, 6.45) is 0. The number of benzene rings is 2. The van der Waals surface area contributed by atoms with E-state index in [1.54, 1.807) is 18.2 Å². The van der Waals surface area contributed by atoms with Crippen molar-refractivity contribution in [1.82, 2.24) is 0 Å². The van der Waals surface area contributed by atoms with Crippen LogP contribution in [0.3, 0.4) is 0 Å². The van der Waals surface area contributed by atoms with Crippen molar-refractivity contribution in [3.63, 3.8) is 0 Å². The second kappa shape index (κ2) is 5.89. The molecule has 2 aromatic carbocycles. The van der Waals surface area contributed by atoms with Crippen LogP contribution in [-0.4, -0.2) is 11.1 Å². The Morgan fingerprint density at radius 1 is 1.21 bits per heavy atom. The van der Waals surface area contributed by atoms with Gasteiger partial charge in [-0.3, -0.25) is 0 Å². The van der Waals surface area contributed by atoms with Crippen LogP contribution in [0, 0.1) is 6.92 Å². The van der Waals surface area contributed by atoms with E-state index in [2.05, 4.69) is 21.2 Å². The molecule has 0 aliphatic carbocycles. The number of rotatable bonds is 4. The van der Waals surface area contributed by atoms with Crippen molar-refractivity contribution in [2.75, 3.05) is 5.32 Å². The zero-order valence-corrected chi connectivity index (χ0v) is 12.1. The van der Waals surface area contributed by atoms with Crippen molar-refractivity contribution in [2.24, 2.45) is 0 Å². The Kier molecular flexibility index (Phi) is 4.22. The molecule has 0 amide bonds. The van der Waals surface area contributed by atoms with Gasteiger partial charge in [0.25, 0.3) is 0 Å². The Morgan fingerprint density at radius 3 is 2.47 bits per heavy atom. The van der Waals surface area contributed by atoms with Gasteiger partial charge >= 0.3 is 5.97 Å². The minimum atomic E-state index is -0.900. The van der Waals surface area contributed by atoms with Gasteiger partial charge < -0.3 is 10.4 Å². The molecule has 19 heavy (non-hydrogen) atoms. The molecule has 0 fully saturated rings. The lowest BCUT2D eigenvalue weighted by molar-refractivity contribution is 0.0697. The third-order valence-corrected chi connectivity index (χ3v) is 3.40. The van der Waals surface area contributed by atoms with Gasteiger partial charge in [-0.05, 0) is 48.4 Å². The topological polar surface area (TPSA) is 49.3 Å². The van der Waals surface area contributed by atoms with Crippen LogP contribution in [0.4, 0.5) is 5.69 Å². The van der Waals surface area contributed by atoms with E-state index in [9.17, 15) is 4.79 Å². The summed E-state index contributed by atoms with van der Waals surface area (Å²) in [5, 5.41) is 12.2. The lowest BCUT2D eigenvalue weighted by Crippen LogP contribution is -2.03. The van der Waals surface area contributed by atoms with E-state index in [1.807, 2.05) is 31.2 Å². The summed E-state index contributed by atoms with van der Waals surface area (Å²) in [4.78, 5) is 10.9. The second-order valence-electron chi connectivity index (χ2n) is 4.31. The Hall–Kier alpha value is -1.81.